The second-order valence-electron chi connectivity index (χ2n) is 2.31. The van der Waals surface area contributed by atoms with Gasteiger partial charge in [0, 0.05) is 10.5 Å². The summed E-state index contributed by atoms with van der Waals surface area (Å²) in [5, 5.41) is 19.3. The normalized spacial score (nSPS) is 10.1. The van der Waals surface area contributed by atoms with Crippen molar-refractivity contribution in [3.05, 3.63) is 36.8 Å². The molecule has 0 radical (unpaired) electrons. The summed E-state index contributed by atoms with van der Waals surface area (Å²) in [6.45, 7) is -0.227. The monoisotopic (exact) mass is 309 g/mol. The summed E-state index contributed by atoms with van der Waals surface area (Å²) in [5.74, 6) is 0. The van der Waals surface area contributed by atoms with E-state index in [1.54, 1.807) is 6.07 Å². The molecule has 0 aliphatic carbocycles. The Morgan fingerprint density at radius 1 is 1.38 bits per heavy atom. The van der Waals surface area contributed by atoms with Gasteiger partial charge in [-0.15, -0.1) is 0 Å². The van der Waals surface area contributed by atoms with Crippen LogP contribution in [0.2, 0.25) is 0 Å². The van der Waals surface area contributed by atoms with Gasteiger partial charge in [0.15, 0.2) is 0 Å². The maximum Gasteiger partial charge on any atom is 0.283 e. The third kappa shape index (κ3) is 2.26. The highest BCUT2D eigenvalue weighted by atomic mass is 79.9. The number of nitrogens with zero attached hydrogens (tertiary/aromatic N) is 1. The van der Waals surface area contributed by atoms with Crippen LogP contribution in [0.25, 0.3) is 0 Å². The van der Waals surface area contributed by atoms with Gasteiger partial charge in [-0.3, -0.25) is 10.1 Å². The summed E-state index contributed by atoms with van der Waals surface area (Å²) < 4.78 is 1.04. The largest absolute Gasteiger partial charge is 0.392 e. The Kier molecular flexibility index (Phi) is 3.40. The number of hydrogen-bond donors (Lipinski definition) is 1. The molecule has 13 heavy (non-hydrogen) atoms. The minimum Gasteiger partial charge on any atom is -0.392 e. The number of rotatable bonds is 2. The molecular formula is C7H5Br2NO3. The molecule has 0 saturated heterocycles. The van der Waals surface area contributed by atoms with E-state index >= 15 is 0 Å². The van der Waals surface area contributed by atoms with Crippen molar-refractivity contribution in [2.24, 2.45) is 0 Å². The van der Waals surface area contributed by atoms with Gasteiger partial charge in [-0.1, -0.05) is 15.9 Å². The average molecular weight is 311 g/mol. The Morgan fingerprint density at radius 3 is 2.46 bits per heavy atom. The molecule has 6 heteroatoms. The molecule has 0 saturated carbocycles. The quantitative estimate of drug-likeness (QED) is 0.674. The zero-order valence-electron chi connectivity index (χ0n) is 6.33. The van der Waals surface area contributed by atoms with E-state index in [0.717, 1.165) is 0 Å². The lowest BCUT2D eigenvalue weighted by atomic mass is 10.2. The molecule has 4 nitrogen and oxygen atoms in total. The molecular weight excluding hydrogens is 306 g/mol. The van der Waals surface area contributed by atoms with Crippen LogP contribution in [0.1, 0.15) is 5.56 Å². The van der Waals surface area contributed by atoms with E-state index < -0.39 is 4.92 Å². The molecule has 1 aromatic carbocycles. The van der Waals surface area contributed by atoms with Crippen LogP contribution in [0.4, 0.5) is 5.69 Å². The van der Waals surface area contributed by atoms with Crippen LogP contribution in [0, 0.1) is 10.1 Å². The number of nitro groups is 1. The van der Waals surface area contributed by atoms with E-state index in [2.05, 4.69) is 31.9 Å². The van der Waals surface area contributed by atoms with Crippen molar-refractivity contribution in [1.29, 1.82) is 0 Å². The number of halogens is 2. The van der Waals surface area contributed by atoms with Crippen LogP contribution in [0.15, 0.2) is 21.1 Å². The SMILES string of the molecule is O=[N+]([O-])c1cc(CO)c(Br)cc1Br. The highest BCUT2D eigenvalue weighted by Gasteiger charge is 2.14. The number of benzene rings is 1. The van der Waals surface area contributed by atoms with Gasteiger partial charge in [-0.2, -0.15) is 0 Å². The van der Waals surface area contributed by atoms with E-state index in [-0.39, 0.29) is 12.3 Å². The molecule has 0 fully saturated rings. The molecule has 0 bridgehead atoms. The van der Waals surface area contributed by atoms with Gasteiger partial charge in [-0.25, -0.2) is 0 Å². The fourth-order valence-electron chi connectivity index (χ4n) is 0.842. The summed E-state index contributed by atoms with van der Waals surface area (Å²) >= 11 is 6.24. The highest BCUT2D eigenvalue weighted by molar-refractivity contribution is 9.11. The van der Waals surface area contributed by atoms with Crippen molar-refractivity contribution in [3.8, 4) is 0 Å². The van der Waals surface area contributed by atoms with Crippen molar-refractivity contribution >= 4 is 37.5 Å². The Labute approximate surface area is 91.0 Å². The van der Waals surface area contributed by atoms with Crippen LogP contribution >= 0.6 is 31.9 Å². The second kappa shape index (κ2) is 4.17. The van der Waals surface area contributed by atoms with Gasteiger partial charge in [0.05, 0.1) is 16.0 Å². The zero-order chi connectivity index (χ0) is 10.0. The third-order valence-electron chi connectivity index (χ3n) is 1.48. The van der Waals surface area contributed by atoms with E-state index in [4.69, 9.17) is 5.11 Å². The lowest BCUT2D eigenvalue weighted by Crippen LogP contribution is -1.93. The third-order valence-corrected chi connectivity index (χ3v) is 2.86. The van der Waals surface area contributed by atoms with E-state index in [1.807, 2.05) is 0 Å². The molecule has 1 N–H and O–H groups in total. The number of hydrogen-bond acceptors (Lipinski definition) is 3. The summed E-state index contributed by atoms with van der Waals surface area (Å²) in [7, 11) is 0. The van der Waals surface area contributed by atoms with Crippen LogP contribution in [-0.4, -0.2) is 10.0 Å². The predicted molar refractivity (Wildman–Crippen MR) is 54.4 cm³/mol. The molecule has 0 aromatic heterocycles. The summed E-state index contributed by atoms with van der Waals surface area (Å²) in [5.41, 5.74) is 0.446. The molecule has 0 aliphatic rings. The number of aliphatic hydroxyl groups excluding tert-OH is 1. The molecule has 70 valence electrons. The van der Waals surface area contributed by atoms with Gasteiger partial charge in [0.2, 0.25) is 0 Å². The van der Waals surface area contributed by atoms with Crippen molar-refractivity contribution in [1.82, 2.24) is 0 Å². The first-order valence-electron chi connectivity index (χ1n) is 3.29. The molecule has 0 heterocycles. The molecule has 0 amide bonds. The Hall–Kier alpha value is -0.460. The molecule has 1 rings (SSSR count). The summed E-state index contributed by atoms with van der Waals surface area (Å²) in [4.78, 5) is 9.98. The smallest absolute Gasteiger partial charge is 0.283 e. The van der Waals surface area contributed by atoms with Crippen molar-refractivity contribution in [2.45, 2.75) is 6.61 Å². The molecule has 0 spiro atoms. The fraction of sp³-hybridized carbons (Fsp3) is 0.143. The van der Waals surface area contributed by atoms with Gasteiger partial charge >= 0.3 is 0 Å². The van der Waals surface area contributed by atoms with Crippen LogP contribution in [0.5, 0.6) is 0 Å². The number of aliphatic hydroxyl groups is 1. The topological polar surface area (TPSA) is 63.4 Å². The minimum absolute atomic E-state index is 0.0488. The summed E-state index contributed by atoms with van der Waals surface area (Å²) in [6, 6.07) is 2.87. The first-order chi connectivity index (χ1) is 6.06. The average Bonchev–Trinajstić information content (AvgIpc) is 2.03. The fourth-order valence-corrected chi connectivity index (χ4v) is 2.11. The molecule has 0 aliphatic heterocycles. The maximum absolute atomic E-state index is 10.5. The minimum atomic E-state index is -0.504. The van der Waals surface area contributed by atoms with Crippen molar-refractivity contribution < 1.29 is 10.0 Å². The van der Waals surface area contributed by atoms with E-state index in [0.29, 0.717) is 14.5 Å². The molecule has 1 aromatic rings. The maximum atomic E-state index is 10.5. The standard InChI is InChI=1S/C7H5Br2NO3/c8-5-2-6(9)7(10(12)13)1-4(5)3-11/h1-2,11H,3H2. The Bertz CT molecular complexity index is 354. The van der Waals surface area contributed by atoms with Gasteiger partial charge in [0.1, 0.15) is 0 Å². The molecule has 0 atom stereocenters. The first-order valence-corrected chi connectivity index (χ1v) is 4.88. The summed E-state index contributed by atoms with van der Waals surface area (Å²) in [6.07, 6.45) is 0. The van der Waals surface area contributed by atoms with E-state index in [1.165, 1.54) is 6.07 Å². The van der Waals surface area contributed by atoms with Gasteiger partial charge in [0.25, 0.3) is 5.69 Å². The van der Waals surface area contributed by atoms with Crippen LogP contribution in [-0.2, 0) is 6.61 Å². The van der Waals surface area contributed by atoms with Crippen LogP contribution in [0.3, 0.4) is 0 Å². The lowest BCUT2D eigenvalue weighted by Gasteiger charge is -2.01. The predicted octanol–water partition coefficient (Wildman–Crippen LogP) is 2.61. The Balaban J connectivity index is 3.30. The molecule has 0 unspecified atom stereocenters. The number of nitro benzene ring substituents is 1. The van der Waals surface area contributed by atoms with Crippen LogP contribution < -0.4 is 0 Å². The zero-order valence-corrected chi connectivity index (χ0v) is 9.50. The van der Waals surface area contributed by atoms with Gasteiger partial charge in [-0.05, 0) is 27.6 Å². The first kappa shape index (κ1) is 10.6. The van der Waals surface area contributed by atoms with Gasteiger partial charge < -0.3 is 5.11 Å². The van der Waals surface area contributed by atoms with E-state index in [9.17, 15) is 10.1 Å². The Morgan fingerprint density at radius 2 is 2.00 bits per heavy atom. The van der Waals surface area contributed by atoms with Crippen molar-refractivity contribution in [2.75, 3.05) is 0 Å². The second-order valence-corrected chi connectivity index (χ2v) is 4.02. The lowest BCUT2D eigenvalue weighted by molar-refractivity contribution is -0.385. The highest BCUT2D eigenvalue weighted by Crippen LogP contribution is 2.31. The van der Waals surface area contributed by atoms with Crippen molar-refractivity contribution in [3.63, 3.8) is 0 Å².